The van der Waals surface area contributed by atoms with E-state index in [1.807, 2.05) is 0 Å². The SMILES string of the molecule is CC[C@@H]1[C@@H](C=O)[C@@]1(C)c1ccc2c(c1)C(C)(C)CCC2(C)C. The summed E-state index contributed by atoms with van der Waals surface area (Å²) in [4.78, 5) is 11.4. The van der Waals surface area contributed by atoms with Gasteiger partial charge in [0.15, 0.2) is 0 Å². The monoisotopic (exact) mass is 298 g/mol. The second-order valence-corrected chi connectivity index (χ2v) is 8.99. The average molecular weight is 298 g/mol. The predicted octanol–water partition coefficient (Wildman–Crippen LogP) is 5.15. The molecule has 0 bridgehead atoms. The zero-order valence-electron chi connectivity index (χ0n) is 15.0. The summed E-state index contributed by atoms with van der Waals surface area (Å²) in [5.41, 5.74) is 4.96. The average Bonchev–Trinajstić information content (AvgIpc) is 3.09. The Morgan fingerprint density at radius 1 is 1.05 bits per heavy atom. The fourth-order valence-electron chi connectivity index (χ4n) is 4.88. The molecule has 0 aromatic heterocycles. The molecule has 2 aliphatic rings. The minimum Gasteiger partial charge on any atom is -0.303 e. The topological polar surface area (TPSA) is 17.1 Å². The molecule has 22 heavy (non-hydrogen) atoms. The molecule has 3 rings (SSSR count). The van der Waals surface area contributed by atoms with E-state index in [1.54, 1.807) is 0 Å². The molecule has 0 N–H and O–H groups in total. The van der Waals surface area contributed by atoms with Crippen molar-refractivity contribution in [3.05, 3.63) is 34.9 Å². The summed E-state index contributed by atoms with van der Waals surface area (Å²) in [7, 11) is 0. The van der Waals surface area contributed by atoms with E-state index >= 15 is 0 Å². The Kier molecular flexibility index (Phi) is 3.36. The standard InChI is InChI=1S/C21H30O/c1-7-15-18(13-22)21(15,6)14-8-9-16-17(12-14)20(4,5)11-10-19(16,2)3/h8-9,12-13,15,18H,7,10-11H2,1-6H3/t15-,18-,21+/m1/s1. The quantitative estimate of drug-likeness (QED) is 0.705. The fraction of sp³-hybridized carbons (Fsp3) is 0.667. The third-order valence-electron chi connectivity index (χ3n) is 6.85. The number of benzene rings is 1. The molecule has 0 saturated heterocycles. The van der Waals surface area contributed by atoms with Gasteiger partial charge >= 0.3 is 0 Å². The van der Waals surface area contributed by atoms with Crippen LogP contribution in [0, 0.1) is 11.8 Å². The molecule has 1 heteroatoms. The zero-order valence-corrected chi connectivity index (χ0v) is 15.0. The second kappa shape index (κ2) is 4.69. The summed E-state index contributed by atoms with van der Waals surface area (Å²) < 4.78 is 0. The minimum atomic E-state index is 0.0587. The molecule has 0 aliphatic heterocycles. The van der Waals surface area contributed by atoms with Crippen molar-refractivity contribution in [3.63, 3.8) is 0 Å². The molecular formula is C21H30O. The number of fused-ring (bicyclic) bond motifs is 1. The Morgan fingerprint density at radius 3 is 2.14 bits per heavy atom. The molecule has 2 aliphatic carbocycles. The highest BCUT2D eigenvalue weighted by Gasteiger charge is 2.61. The Balaban J connectivity index is 2.10. The first-order valence-corrected chi connectivity index (χ1v) is 8.79. The largest absolute Gasteiger partial charge is 0.303 e. The first-order valence-electron chi connectivity index (χ1n) is 8.79. The molecule has 1 nitrogen and oxygen atoms in total. The van der Waals surface area contributed by atoms with Crippen LogP contribution in [0.25, 0.3) is 0 Å². The molecule has 120 valence electrons. The first-order chi connectivity index (χ1) is 10.2. The van der Waals surface area contributed by atoms with E-state index in [1.165, 1.54) is 35.8 Å². The molecule has 0 heterocycles. The fourth-order valence-corrected chi connectivity index (χ4v) is 4.88. The van der Waals surface area contributed by atoms with Crippen LogP contribution in [-0.2, 0) is 21.0 Å². The van der Waals surface area contributed by atoms with Gasteiger partial charge in [0.25, 0.3) is 0 Å². The smallest absolute Gasteiger partial charge is 0.124 e. The van der Waals surface area contributed by atoms with Crippen molar-refractivity contribution < 1.29 is 4.79 Å². The van der Waals surface area contributed by atoms with Crippen LogP contribution in [-0.4, -0.2) is 6.29 Å². The van der Waals surface area contributed by atoms with Crippen molar-refractivity contribution in [1.82, 2.24) is 0 Å². The lowest BCUT2D eigenvalue weighted by Crippen LogP contribution is -2.34. The van der Waals surface area contributed by atoms with E-state index in [0.29, 0.717) is 5.92 Å². The third-order valence-corrected chi connectivity index (χ3v) is 6.85. The lowest BCUT2D eigenvalue weighted by Gasteiger charge is -2.42. The summed E-state index contributed by atoms with van der Waals surface area (Å²) in [5, 5.41) is 0. The highest BCUT2D eigenvalue weighted by atomic mass is 16.1. The van der Waals surface area contributed by atoms with Gasteiger partial charge in [-0.1, -0.05) is 66.2 Å². The van der Waals surface area contributed by atoms with Crippen LogP contribution in [0.3, 0.4) is 0 Å². The molecule has 0 spiro atoms. The molecule has 1 aromatic rings. The van der Waals surface area contributed by atoms with Crippen molar-refractivity contribution in [1.29, 1.82) is 0 Å². The summed E-state index contributed by atoms with van der Waals surface area (Å²) in [6.45, 7) is 14.0. The Morgan fingerprint density at radius 2 is 1.64 bits per heavy atom. The molecule has 0 radical (unpaired) electrons. The summed E-state index contributed by atoms with van der Waals surface area (Å²) >= 11 is 0. The third kappa shape index (κ3) is 2.01. The van der Waals surface area contributed by atoms with Crippen LogP contribution in [0.15, 0.2) is 18.2 Å². The molecule has 1 aromatic carbocycles. The summed E-state index contributed by atoms with van der Waals surface area (Å²) in [6.07, 6.45) is 4.76. The highest BCUT2D eigenvalue weighted by Crippen LogP contribution is 2.61. The van der Waals surface area contributed by atoms with Crippen LogP contribution in [0.4, 0.5) is 0 Å². The van der Waals surface area contributed by atoms with Gasteiger partial charge in [0.05, 0.1) is 0 Å². The highest BCUT2D eigenvalue weighted by molar-refractivity contribution is 5.66. The van der Waals surface area contributed by atoms with E-state index in [0.717, 1.165) is 6.42 Å². The minimum absolute atomic E-state index is 0.0587. The van der Waals surface area contributed by atoms with Gasteiger partial charge in [-0.15, -0.1) is 0 Å². The maximum atomic E-state index is 11.4. The number of carbonyl (C=O) groups is 1. The van der Waals surface area contributed by atoms with Gasteiger partial charge in [0.1, 0.15) is 6.29 Å². The Labute approximate surface area is 135 Å². The van der Waals surface area contributed by atoms with Crippen molar-refractivity contribution in [3.8, 4) is 0 Å². The van der Waals surface area contributed by atoms with Crippen LogP contribution in [0.5, 0.6) is 0 Å². The van der Waals surface area contributed by atoms with E-state index < -0.39 is 0 Å². The van der Waals surface area contributed by atoms with E-state index in [9.17, 15) is 4.79 Å². The van der Waals surface area contributed by atoms with Gasteiger partial charge in [0.2, 0.25) is 0 Å². The van der Waals surface area contributed by atoms with E-state index in [-0.39, 0.29) is 22.2 Å². The van der Waals surface area contributed by atoms with Crippen LogP contribution >= 0.6 is 0 Å². The van der Waals surface area contributed by atoms with Crippen molar-refractivity contribution in [2.45, 2.75) is 77.0 Å². The van der Waals surface area contributed by atoms with Crippen molar-refractivity contribution in [2.75, 3.05) is 0 Å². The molecule has 1 fully saturated rings. The Bertz CT molecular complexity index is 610. The molecule has 1 saturated carbocycles. The van der Waals surface area contributed by atoms with Gasteiger partial charge in [0, 0.05) is 11.3 Å². The first kappa shape index (κ1) is 15.8. The normalized spacial score (nSPS) is 34.8. The maximum Gasteiger partial charge on any atom is 0.124 e. The summed E-state index contributed by atoms with van der Waals surface area (Å²) in [6, 6.07) is 7.08. The lowest BCUT2D eigenvalue weighted by atomic mass is 9.62. The maximum absolute atomic E-state index is 11.4. The Hall–Kier alpha value is -1.11. The van der Waals surface area contributed by atoms with E-state index in [4.69, 9.17) is 0 Å². The van der Waals surface area contributed by atoms with Crippen LogP contribution in [0.2, 0.25) is 0 Å². The van der Waals surface area contributed by atoms with E-state index in [2.05, 4.69) is 59.7 Å². The van der Waals surface area contributed by atoms with Gasteiger partial charge in [-0.2, -0.15) is 0 Å². The number of aldehydes is 1. The van der Waals surface area contributed by atoms with Crippen molar-refractivity contribution in [2.24, 2.45) is 11.8 Å². The van der Waals surface area contributed by atoms with Gasteiger partial charge in [-0.05, 0) is 46.3 Å². The number of carbonyl (C=O) groups excluding carboxylic acids is 1. The number of hydrogen-bond donors (Lipinski definition) is 0. The number of rotatable bonds is 3. The lowest BCUT2D eigenvalue weighted by molar-refractivity contribution is -0.109. The van der Waals surface area contributed by atoms with Gasteiger partial charge < -0.3 is 4.79 Å². The predicted molar refractivity (Wildman–Crippen MR) is 92.4 cm³/mol. The number of hydrogen-bond acceptors (Lipinski definition) is 1. The molecule has 0 amide bonds. The summed E-state index contributed by atoms with van der Waals surface area (Å²) in [5.74, 6) is 0.720. The van der Waals surface area contributed by atoms with Gasteiger partial charge in [-0.25, -0.2) is 0 Å². The van der Waals surface area contributed by atoms with Crippen molar-refractivity contribution >= 4 is 6.29 Å². The molecular weight excluding hydrogens is 268 g/mol. The van der Waals surface area contributed by atoms with Gasteiger partial charge in [-0.3, -0.25) is 0 Å². The van der Waals surface area contributed by atoms with Crippen LogP contribution in [0.1, 0.15) is 77.5 Å². The van der Waals surface area contributed by atoms with Crippen LogP contribution < -0.4 is 0 Å². The molecule has 3 atom stereocenters. The molecule has 0 unspecified atom stereocenters. The zero-order chi connectivity index (χ0) is 16.3. The second-order valence-electron chi connectivity index (χ2n) is 8.99.